The van der Waals surface area contributed by atoms with Gasteiger partial charge in [0, 0.05) is 43.6 Å². The molecule has 0 fully saturated rings. The van der Waals surface area contributed by atoms with Crippen LogP contribution in [-0.4, -0.2) is 87.0 Å². The van der Waals surface area contributed by atoms with Crippen molar-refractivity contribution >= 4 is 39.0 Å². The Balaban J connectivity index is 1.77. The van der Waals surface area contributed by atoms with Gasteiger partial charge >= 0.3 is 5.97 Å². The Bertz CT molecular complexity index is 1500. The molecule has 2 aromatic carbocycles. The summed E-state index contributed by atoms with van der Waals surface area (Å²) in [5.74, 6) is -1.19. The second-order valence-electron chi connectivity index (χ2n) is 9.79. The number of hydrogen-bond acceptors (Lipinski definition) is 10. The molecule has 3 aromatic rings. The average Bonchev–Trinajstić information content (AvgIpc) is 3.45. The van der Waals surface area contributed by atoms with E-state index in [-0.39, 0.29) is 31.3 Å². The number of amides is 1. The molecule has 232 valence electrons. The van der Waals surface area contributed by atoms with Gasteiger partial charge < -0.3 is 19.1 Å². The van der Waals surface area contributed by atoms with E-state index < -0.39 is 27.5 Å². The van der Waals surface area contributed by atoms with Crippen molar-refractivity contribution in [2.45, 2.75) is 33.2 Å². The van der Waals surface area contributed by atoms with Gasteiger partial charge in [-0.3, -0.25) is 14.4 Å². The van der Waals surface area contributed by atoms with Gasteiger partial charge in [-0.05, 0) is 37.5 Å². The quantitative estimate of drug-likeness (QED) is 0.171. The van der Waals surface area contributed by atoms with Crippen molar-refractivity contribution in [1.29, 1.82) is 0 Å². The predicted molar refractivity (Wildman–Crippen MR) is 163 cm³/mol. The number of hydrogen-bond donors (Lipinski definition) is 0. The number of benzene rings is 2. The highest BCUT2D eigenvalue weighted by Gasteiger charge is 2.26. The topological polar surface area (TPSA) is 132 Å². The Labute approximate surface area is 256 Å². The van der Waals surface area contributed by atoms with Gasteiger partial charge in [0.1, 0.15) is 34.6 Å². The average molecular weight is 632 g/mol. The number of sulfonamides is 1. The van der Waals surface area contributed by atoms with E-state index in [0.717, 1.165) is 21.9 Å². The van der Waals surface area contributed by atoms with E-state index >= 15 is 0 Å². The van der Waals surface area contributed by atoms with Crippen LogP contribution in [0.15, 0.2) is 47.8 Å². The molecule has 0 atom stereocenters. The second kappa shape index (κ2) is 15.6. The molecule has 1 amide bonds. The fourth-order valence-electron chi connectivity index (χ4n) is 4.24. The lowest BCUT2D eigenvalue weighted by Crippen LogP contribution is -2.35. The van der Waals surface area contributed by atoms with E-state index in [1.807, 2.05) is 37.3 Å². The standard InChI is InChI=1S/C30H37N3O8S2/c1-21-27(39-4)16-24(17-28(21)40-5)30(36)33(13-9-12-23-10-7-6-8-11-23)18-29-31-25(19-42-29)26(35)20-43(37,38)32(3)14-15-41-22(2)34/h6-8,10-11,16-17,19H,9,12-15,18,20H2,1-5H3. The van der Waals surface area contributed by atoms with E-state index in [1.165, 1.54) is 44.9 Å². The van der Waals surface area contributed by atoms with Gasteiger partial charge in [0.15, 0.2) is 5.78 Å². The van der Waals surface area contributed by atoms with Crippen LogP contribution in [-0.2, 0) is 32.5 Å². The number of ketones is 1. The summed E-state index contributed by atoms with van der Waals surface area (Å²) in [6.07, 6.45) is 1.45. The molecule has 0 aliphatic rings. The summed E-state index contributed by atoms with van der Waals surface area (Å²) in [4.78, 5) is 43.6. The Kier molecular flexibility index (Phi) is 12.2. The smallest absolute Gasteiger partial charge is 0.302 e. The molecular weight excluding hydrogens is 594 g/mol. The highest BCUT2D eigenvalue weighted by atomic mass is 32.2. The highest BCUT2D eigenvalue weighted by molar-refractivity contribution is 7.89. The molecule has 13 heteroatoms. The summed E-state index contributed by atoms with van der Waals surface area (Å²) in [6, 6.07) is 13.3. The van der Waals surface area contributed by atoms with Crippen molar-refractivity contribution in [3.05, 3.63) is 75.2 Å². The van der Waals surface area contributed by atoms with Gasteiger partial charge in [0.25, 0.3) is 5.91 Å². The molecular formula is C30H37N3O8S2. The number of carbonyl (C=O) groups is 3. The molecule has 0 spiro atoms. The number of ether oxygens (including phenoxy) is 3. The third kappa shape index (κ3) is 9.60. The first-order valence-corrected chi connectivity index (χ1v) is 16.0. The van der Waals surface area contributed by atoms with Crippen LogP contribution in [0.4, 0.5) is 0 Å². The minimum atomic E-state index is -3.96. The molecule has 1 heterocycles. The van der Waals surface area contributed by atoms with Crippen LogP contribution in [0, 0.1) is 6.92 Å². The first-order chi connectivity index (χ1) is 20.4. The number of aryl methyl sites for hydroxylation is 1. The minimum absolute atomic E-state index is 0.00678. The highest BCUT2D eigenvalue weighted by Crippen LogP contribution is 2.30. The number of Topliss-reactive ketones (excluding diaryl/α,β-unsaturated/α-hetero) is 1. The zero-order valence-electron chi connectivity index (χ0n) is 25.0. The van der Waals surface area contributed by atoms with Crippen LogP contribution in [0.3, 0.4) is 0 Å². The lowest BCUT2D eigenvalue weighted by atomic mass is 10.1. The largest absolute Gasteiger partial charge is 0.496 e. The lowest BCUT2D eigenvalue weighted by Gasteiger charge is -2.23. The molecule has 0 aliphatic heterocycles. The molecule has 3 rings (SSSR count). The number of likely N-dealkylation sites (N-methyl/N-ethyl adjacent to an activating group) is 1. The number of thiazole rings is 1. The maximum Gasteiger partial charge on any atom is 0.302 e. The number of aromatic nitrogens is 1. The van der Waals surface area contributed by atoms with E-state index in [0.29, 0.717) is 35.0 Å². The van der Waals surface area contributed by atoms with Crippen molar-refractivity contribution in [1.82, 2.24) is 14.2 Å². The molecule has 0 N–H and O–H groups in total. The Morgan fingerprint density at radius 3 is 2.26 bits per heavy atom. The van der Waals surface area contributed by atoms with Crippen molar-refractivity contribution in [2.75, 3.05) is 46.7 Å². The molecule has 43 heavy (non-hydrogen) atoms. The Hall–Kier alpha value is -3.81. The van der Waals surface area contributed by atoms with Gasteiger partial charge in [0.2, 0.25) is 10.0 Å². The Morgan fingerprint density at radius 1 is 1.00 bits per heavy atom. The molecule has 0 aliphatic carbocycles. The van der Waals surface area contributed by atoms with Crippen LogP contribution >= 0.6 is 11.3 Å². The number of rotatable bonds is 16. The number of methoxy groups -OCH3 is 2. The summed E-state index contributed by atoms with van der Waals surface area (Å²) in [7, 11) is 0.412. The van der Waals surface area contributed by atoms with Gasteiger partial charge in [-0.1, -0.05) is 30.3 Å². The normalized spacial score (nSPS) is 11.3. The van der Waals surface area contributed by atoms with Gasteiger partial charge in [-0.15, -0.1) is 11.3 Å². The first-order valence-electron chi connectivity index (χ1n) is 13.6. The van der Waals surface area contributed by atoms with Gasteiger partial charge in [-0.25, -0.2) is 17.7 Å². The third-order valence-electron chi connectivity index (χ3n) is 6.69. The summed E-state index contributed by atoms with van der Waals surface area (Å²) >= 11 is 1.18. The molecule has 0 radical (unpaired) electrons. The number of nitrogens with zero attached hydrogens (tertiary/aromatic N) is 3. The summed E-state index contributed by atoms with van der Waals surface area (Å²) in [5.41, 5.74) is 2.31. The van der Waals surface area contributed by atoms with Crippen molar-refractivity contribution in [3.63, 3.8) is 0 Å². The number of esters is 1. The Morgan fingerprint density at radius 2 is 1.65 bits per heavy atom. The van der Waals surface area contributed by atoms with E-state index in [2.05, 4.69) is 4.98 Å². The molecule has 11 nitrogen and oxygen atoms in total. The molecule has 0 saturated heterocycles. The summed E-state index contributed by atoms with van der Waals surface area (Å²) < 4.78 is 42.0. The van der Waals surface area contributed by atoms with E-state index in [1.54, 1.807) is 17.0 Å². The zero-order valence-corrected chi connectivity index (χ0v) is 26.6. The lowest BCUT2D eigenvalue weighted by molar-refractivity contribution is -0.141. The van der Waals surface area contributed by atoms with Crippen LogP contribution in [0.2, 0.25) is 0 Å². The first kappa shape index (κ1) is 33.7. The van der Waals surface area contributed by atoms with Gasteiger partial charge in [-0.2, -0.15) is 0 Å². The zero-order chi connectivity index (χ0) is 31.6. The van der Waals surface area contributed by atoms with Crippen molar-refractivity contribution in [3.8, 4) is 11.5 Å². The van der Waals surface area contributed by atoms with Crippen molar-refractivity contribution in [2.24, 2.45) is 0 Å². The third-order valence-corrected chi connectivity index (χ3v) is 9.28. The molecule has 0 unspecified atom stereocenters. The maximum atomic E-state index is 13.8. The van der Waals surface area contributed by atoms with E-state index in [9.17, 15) is 22.8 Å². The molecule has 1 aromatic heterocycles. The van der Waals surface area contributed by atoms with Crippen LogP contribution in [0.5, 0.6) is 11.5 Å². The summed E-state index contributed by atoms with van der Waals surface area (Å²) in [6.45, 7) is 3.41. The number of carbonyl (C=O) groups excluding carboxylic acids is 3. The molecule has 0 bridgehead atoms. The predicted octanol–water partition coefficient (Wildman–Crippen LogP) is 3.75. The van der Waals surface area contributed by atoms with Gasteiger partial charge in [0.05, 0.1) is 20.8 Å². The fraction of sp³-hybridized carbons (Fsp3) is 0.400. The van der Waals surface area contributed by atoms with Crippen LogP contribution in [0.1, 0.15) is 50.3 Å². The maximum absolute atomic E-state index is 13.8. The fourth-order valence-corrected chi connectivity index (χ4v) is 6.11. The van der Waals surface area contributed by atoms with Crippen LogP contribution in [0.25, 0.3) is 0 Å². The van der Waals surface area contributed by atoms with Crippen LogP contribution < -0.4 is 9.47 Å². The molecule has 0 saturated carbocycles. The minimum Gasteiger partial charge on any atom is -0.496 e. The summed E-state index contributed by atoms with van der Waals surface area (Å²) in [5, 5.41) is 1.99. The SMILES string of the molecule is COc1cc(C(=O)N(CCCc2ccccc2)Cc2nc(C(=O)CS(=O)(=O)N(C)CCOC(C)=O)cs2)cc(OC)c1C. The van der Waals surface area contributed by atoms with Crippen molar-refractivity contribution < 1.29 is 37.0 Å². The monoisotopic (exact) mass is 631 g/mol. The van der Waals surface area contributed by atoms with E-state index in [4.69, 9.17) is 14.2 Å². The second-order valence-corrected chi connectivity index (χ2v) is 12.8.